The highest BCUT2D eigenvalue weighted by molar-refractivity contribution is 6.28. The Morgan fingerprint density at radius 3 is 2.40 bits per heavy atom. The zero-order valence-electron chi connectivity index (χ0n) is 15.1. The molecular formula is C19H23NO5. The number of hydrogen-bond donors (Lipinski definition) is 2. The molecule has 0 spiro atoms. The number of rotatable bonds is 3. The van der Waals surface area contributed by atoms with Crippen LogP contribution in [0.1, 0.15) is 45.7 Å². The van der Waals surface area contributed by atoms with Gasteiger partial charge in [0.25, 0.3) is 5.91 Å². The Bertz CT molecular complexity index is 768. The van der Waals surface area contributed by atoms with Crippen molar-refractivity contribution in [2.24, 2.45) is 0 Å². The van der Waals surface area contributed by atoms with E-state index >= 15 is 0 Å². The molecule has 1 aliphatic rings. The van der Waals surface area contributed by atoms with E-state index in [1.807, 2.05) is 0 Å². The van der Waals surface area contributed by atoms with Gasteiger partial charge in [-0.1, -0.05) is 24.3 Å². The van der Waals surface area contributed by atoms with Crippen LogP contribution < -0.4 is 5.32 Å². The maximum Gasteiger partial charge on any atom is 0.325 e. The summed E-state index contributed by atoms with van der Waals surface area (Å²) < 4.78 is 5.11. The summed E-state index contributed by atoms with van der Waals surface area (Å²) in [5.74, 6) is -2.29. The Morgan fingerprint density at radius 1 is 1.20 bits per heavy atom. The Balaban J connectivity index is 2.27. The molecule has 0 heterocycles. The molecule has 25 heavy (non-hydrogen) atoms. The number of nitrogens with one attached hydrogen (secondary N) is 1. The average molecular weight is 345 g/mol. The van der Waals surface area contributed by atoms with Crippen molar-refractivity contribution in [3.05, 3.63) is 41.0 Å². The Labute approximate surface area is 146 Å². The molecule has 0 fully saturated rings. The van der Waals surface area contributed by atoms with Gasteiger partial charge in [-0.3, -0.25) is 14.4 Å². The highest BCUT2D eigenvalue weighted by atomic mass is 16.6. The molecule has 1 aromatic carbocycles. The van der Waals surface area contributed by atoms with E-state index in [-0.39, 0.29) is 17.9 Å². The van der Waals surface area contributed by atoms with E-state index in [0.29, 0.717) is 11.1 Å². The predicted molar refractivity (Wildman–Crippen MR) is 92.9 cm³/mol. The molecule has 2 rings (SSSR count). The summed E-state index contributed by atoms with van der Waals surface area (Å²) in [6.07, 6.45) is 0. The first-order valence-electron chi connectivity index (χ1n) is 8.03. The van der Waals surface area contributed by atoms with Gasteiger partial charge in [0.15, 0.2) is 5.78 Å². The number of benzene rings is 1. The van der Waals surface area contributed by atoms with Crippen LogP contribution >= 0.6 is 0 Å². The van der Waals surface area contributed by atoms with Gasteiger partial charge in [-0.15, -0.1) is 0 Å². The van der Waals surface area contributed by atoms with Crippen LogP contribution in [0.25, 0.3) is 5.76 Å². The van der Waals surface area contributed by atoms with Gasteiger partial charge in [0, 0.05) is 5.56 Å². The Hall–Kier alpha value is -2.63. The quantitative estimate of drug-likeness (QED) is 0.647. The lowest BCUT2D eigenvalue weighted by Crippen LogP contribution is -2.43. The molecule has 6 nitrogen and oxygen atoms in total. The molecule has 0 bridgehead atoms. The van der Waals surface area contributed by atoms with E-state index in [4.69, 9.17) is 4.74 Å². The minimum absolute atomic E-state index is 0.341. The molecule has 6 heteroatoms. The summed E-state index contributed by atoms with van der Waals surface area (Å²) in [5.41, 5.74) is -0.880. The third-order valence-electron chi connectivity index (χ3n) is 3.93. The van der Waals surface area contributed by atoms with E-state index < -0.39 is 28.7 Å². The number of carbonyl (C=O) groups is 3. The van der Waals surface area contributed by atoms with Crippen LogP contribution in [0.5, 0.6) is 0 Å². The first-order chi connectivity index (χ1) is 11.4. The lowest BCUT2D eigenvalue weighted by Gasteiger charge is -2.31. The fourth-order valence-electron chi connectivity index (χ4n) is 2.74. The number of ether oxygens (including phenoxy) is 1. The summed E-state index contributed by atoms with van der Waals surface area (Å²) in [6.45, 7) is 8.15. The van der Waals surface area contributed by atoms with Gasteiger partial charge in [0.2, 0.25) is 0 Å². The molecule has 1 aliphatic carbocycles. The minimum atomic E-state index is -0.957. The molecule has 0 saturated carbocycles. The summed E-state index contributed by atoms with van der Waals surface area (Å²) in [4.78, 5) is 36.9. The standard InChI is InChI=1S/C19H23NO5/c1-18(2,3)25-13(21)10-20-17(24)14-15(22)11-8-6-7-9-12(11)19(4,5)16(14)23/h6-9,22H,10H2,1-5H3,(H,20,24). The average Bonchev–Trinajstić information content (AvgIpc) is 2.50. The first kappa shape index (κ1) is 18.7. The van der Waals surface area contributed by atoms with Gasteiger partial charge in [-0.05, 0) is 40.2 Å². The van der Waals surface area contributed by atoms with Crippen molar-refractivity contribution < 1.29 is 24.2 Å². The van der Waals surface area contributed by atoms with Crippen LogP contribution in [0, 0.1) is 0 Å². The van der Waals surface area contributed by atoms with E-state index in [1.54, 1.807) is 58.9 Å². The monoisotopic (exact) mass is 345 g/mol. The second kappa shape index (κ2) is 6.35. The summed E-state index contributed by atoms with van der Waals surface area (Å²) in [7, 11) is 0. The molecule has 134 valence electrons. The largest absolute Gasteiger partial charge is 0.506 e. The minimum Gasteiger partial charge on any atom is -0.506 e. The maximum atomic E-state index is 12.7. The number of aliphatic hydroxyl groups excluding tert-OH is 1. The number of amides is 1. The number of carbonyl (C=O) groups excluding carboxylic acids is 3. The van der Waals surface area contributed by atoms with Crippen molar-refractivity contribution in [1.29, 1.82) is 0 Å². The van der Waals surface area contributed by atoms with Crippen LogP contribution in [-0.2, 0) is 24.5 Å². The summed E-state index contributed by atoms with van der Waals surface area (Å²) >= 11 is 0. The summed E-state index contributed by atoms with van der Waals surface area (Å²) in [6, 6.07) is 6.89. The molecule has 2 N–H and O–H groups in total. The number of esters is 1. The Morgan fingerprint density at radius 2 is 1.80 bits per heavy atom. The number of ketones is 1. The zero-order valence-corrected chi connectivity index (χ0v) is 15.1. The summed E-state index contributed by atoms with van der Waals surface area (Å²) in [5, 5.41) is 12.8. The molecule has 1 amide bonds. The number of aliphatic hydroxyl groups is 1. The van der Waals surface area contributed by atoms with Crippen LogP contribution in [0.15, 0.2) is 29.8 Å². The molecule has 0 radical (unpaired) electrons. The van der Waals surface area contributed by atoms with Gasteiger partial charge in [0.1, 0.15) is 23.5 Å². The van der Waals surface area contributed by atoms with Crippen molar-refractivity contribution in [3.63, 3.8) is 0 Å². The van der Waals surface area contributed by atoms with E-state index in [9.17, 15) is 19.5 Å². The van der Waals surface area contributed by atoms with E-state index in [1.165, 1.54) is 0 Å². The molecular weight excluding hydrogens is 322 g/mol. The molecule has 1 aromatic rings. The molecule has 0 saturated heterocycles. The topological polar surface area (TPSA) is 92.7 Å². The second-order valence-electron chi connectivity index (χ2n) is 7.49. The van der Waals surface area contributed by atoms with Gasteiger partial charge in [0.05, 0.1) is 5.41 Å². The third kappa shape index (κ3) is 3.73. The van der Waals surface area contributed by atoms with Crippen LogP contribution in [0.2, 0.25) is 0 Å². The molecule has 0 aromatic heterocycles. The van der Waals surface area contributed by atoms with Crippen molar-refractivity contribution in [1.82, 2.24) is 5.32 Å². The third-order valence-corrected chi connectivity index (χ3v) is 3.93. The predicted octanol–water partition coefficient (Wildman–Crippen LogP) is 2.27. The lowest BCUT2D eigenvalue weighted by molar-refractivity contribution is -0.154. The smallest absolute Gasteiger partial charge is 0.325 e. The molecule has 0 atom stereocenters. The molecule has 0 aliphatic heterocycles. The van der Waals surface area contributed by atoms with Gasteiger partial charge >= 0.3 is 5.97 Å². The van der Waals surface area contributed by atoms with Crippen molar-refractivity contribution >= 4 is 23.4 Å². The van der Waals surface area contributed by atoms with Crippen LogP contribution in [0.3, 0.4) is 0 Å². The van der Waals surface area contributed by atoms with Crippen molar-refractivity contribution in [3.8, 4) is 0 Å². The number of fused-ring (bicyclic) bond motifs is 1. The SMILES string of the molecule is CC(C)(C)OC(=O)CNC(=O)C1=C(O)c2ccccc2C(C)(C)C1=O. The highest BCUT2D eigenvalue weighted by Gasteiger charge is 2.43. The Kier molecular flexibility index (Phi) is 4.75. The maximum absolute atomic E-state index is 12.7. The second-order valence-corrected chi connectivity index (χ2v) is 7.49. The normalized spacial score (nSPS) is 16.3. The highest BCUT2D eigenvalue weighted by Crippen LogP contribution is 2.39. The molecule has 0 unspecified atom stereocenters. The van der Waals surface area contributed by atoms with Crippen LogP contribution in [0.4, 0.5) is 0 Å². The van der Waals surface area contributed by atoms with Crippen molar-refractivity contribution in [2.45, 2.75) is 45.6 Å². The van der Waals surface area contributed by atoms with Crippen molar-refractivity contribution in [2.75, 3.05) is 6.54 Å². The fourth-order valence-corrected chi connectivity index (χ4v) is 2.74. The van der Waals surface area contributed by atoms with Gasteiger partial charge in [-0.2, -0.15) is 0 Å². The number of Topliss-reactive ketones (excluding diaryl/α,β-unsaturated/α-hetero) is 1. The van der Waals surface area contributed by atoms with E-state index in [0.717, 1.165) is 0 Å². The van der Waals surface area contributed by atoms with Gasteiger partial charge in [-0.25, -0.2) is 0 Å². The fraction of sp³-hybridized carbons (Fsp3) is 0.421. The zero-order chi connectivity index (χ0) is 19.0. The van der Waals surface area contributed by atoms with Crippen LogP contribution in [-0.4, -0.2) is 34.9 Å². The first-order valence-corrected chi connectivity index (χ1v) is 8.03. The number of hydrogen-bond acceptors (Lipinski definition) is 5. The lowest BCUT2D eigenvalue weighted by atomic mass is 9.71. The van der Waals surface area contributed by atoms with E-state index in [2.05, 4.69) is 5.32 Å². The van der Waals surface area contributed by atoms with Gasteiger partial charge < -0.3 is 15.2 Å².